The number of thiophene rings is 1. The van der Waals surface area contributed by atoms with Crippen molar-refractivity contribution in [3.05, 3.63) is 76.8 Å². The number of alkyl halides is 3. The summed E-state index contributed by atoms with van der Waals surface area (Å²) in [6.07, 6.45) is -4.35. The normalized spacial score (nSPS) is 11.7. The highest BCUT2D eigenvalue weighted by Gasteiger charge is 2.30. The Morgan fingerprint density at radius 2 is 1.82 bits per heavy atom. The Balaban J connectivity index is 1.60. The van der Waals surface area contributed by atoms with Crippen LogP contribution < -0.4 is 5.32 Å². The molecule has 7 heteroatoms. The van der Waals surface area contributed by atoms with Gasteiger partial charge in [0, 0.05) is 39.3 Å². The molecule has 0 aliphatic carbocycles. The van der Waals surface area contributed by atoms with E-state index in [1.807, 2.05) is 36.6 Å². The minimum Gasteiger partial charge on any atom is -0.366 e. The summed E-state index contributed by atoms with van der Waals surface area (Å²) in [7, 11) is 0. The van der Waals surface area contributed by atoms with Crippen LogP contribution in [0.2, 0.25) is 0 Å². The standard InChI is InChI=1S/C21H16F3N3S/c1-13-9-19(25-11-14-5-4-6-15(10-14)21(22,23)24)27-20(26-13)17-12-28-18-8-3-2-7-16(17)18/h2-10,12H,11H2,1H3,(H,25,26,27). The molecule has 142 valence electrons. The Hall–Kier alpha value is -2.93. The summed E-state index contributed by atoms with van der Waals surface area (Å²) in [6, 6.07) is 15.1. The van der Waals surface area contributed by atoms with Gasteiger partial charge in [0.1, 0.15) is 5.82 Å². The van der Waals surface area contributed by atoms with Gasteiger partial charge in [-0.15, -0.1) is 11.3 Å². The summed E-state index contributed by atoms with van der Waals surface area (Å²) >= 11 is 1.63. The third-order valence-electron chi connectivity index (χ3n) is 4.30. The Kier molecular flexibility index (Phi) is 4.77. The van der Waals surface area contributed by atoms with Gasteiger partial charge in [-0.05, 0) is 30.7 Å². The van der Waals surface area contributed by atoms with Gasteiger partial charge in [-0.3, -0.25) is 0 Å². The summed E-state index contributed by atoms with van der Waals surface area (Å²) < 4.78 is 39.8. The van der Waals surface area contributed by atoms with Gasteiger partial charge in [0.2, 0.25) is 0 Å². The number of hydrogen-bond donors (Lipinski definition) is 1. The Morgan fingerprint density at radius 1 is 1.00 bits per heavy atom. The van der Waals surface area contributed by atoms with Crippen molar-refractivity contribution in [3.63, 3.8) is 0 Å². The van der Waals surface area contributed by atoms with Gasteiger partial charge in [0.25, 0.3) is 0 Å². The second-order valence-electron chi connectivity index (χ2n) is 6.42. The van der Waals surface area contributed by atoms with Crippen molar-refractivity contribution in [2.75, 3.05) is 5.32 Å². The summed E-state index contributed by atoms with van der Waals surface area (Å²) in [5.74, 6) is 1.18. The van der Waals surface area contributed by atoms with Crippen LogP contribution in [0.4, 0.5) is 19.0 Å². The Bertz CT molecular complexity index is 1140. The molecule has 3 nitrogen and oxygen atoms in total. The number of anilines is 1. The molecule has 2 aromatic heterocycles. The maximum absolute atomic E-state index is 12.9. The molecule has 0 aliphatic heterocycles. The molecule has 2 aromatic carbocycles. The zero-order chi connectivity index (χ0) is 19.7. The number of rotatable bonds is 4. The number of nitrogens with zero attached hydrogens (tertiary/aromatic N) is 2. The van der Waals surface area contributed by atoms with Crippen LogP contribution in [0.5, 0.6) is 0 Å². The molecule has 0 radical (unpaired) electrons. The average Bonchev–Trinajstić information content (AvgIpc) is 3.10. The van der Waals surface area contributed by atoms with E-state index < -0.39 is 11.7 Å². The zero-order valence-electron chi connectivity index (χ0n) is 14.9. The highest BCUT2D eigenvalue weighted by molar-refractivity contribution is 7.17. The summed E-state index contributed by atoms with van der Waals surface area (Å²) in [5, 5.41) is 6.22. The quantitative estimate of drug-likeness (QED) is 0.438. The topological polar surface area (TPSA) is 37.8 Å². The first-order valence-corrected chi connectivity index (χ1v) is 9.50. The molecule has 0 fully saturated rings. The van der Waals surface area contributed by atoms with Crippen LogP contribution >= 0.6 is 11.3 Å². The predicted molar refractivity (Wildman–Crippen MR) is 106 cm³/mol. The largest absolute Gasteiger partial charge is 0.416 e. The second-order valence-corrected chi connectivity index (χ2v) is 7.33. The van der Waals surface area contributed by atoms with Crippen molar-refractivity contribution < 1.29 is 13.2 Å². The fourth-order valence-corrected chi connectivity index (χ4v) is 3.92. The molecular weight excluding hydrogens is 383 g/mol. The first-order chi connectivity index (χ1) is 13.4. The van der Waals surface area contributed by atoms with E-state index in [-0.39, 0.29) is 6.54 Å². The van der Waals surface area contributed by atoms with E-state index in [1.165, 1.54) is 6.07 Å². The second kappa shape index (κ2) is 7.24. The van der Waals surface area contributed by atoms with Crippen LogP contribution in [-0.4, -0.2) is 9.97 Å². The molecule has 0 spiro atoms. The van der Waals surface area contributed by atoms with E-state index in [0.717, 1.165) is 33.5 Å². The fraction of sp³-hybridized carbons (Fsp3) is 0.143. The minimum atomic E-state index is -4.35. The van der Waals surface area contributed by atoms with Crippen molar-refractivity contribution in [2.24, 2.45) is 0 Å². The van der Waals surface area contributed by atoms with E-state index in [4.69, 9.17) is 0 Å². The molecule has 1 N–H and O–H groups in total. The lowest BCUT2D eigenvalue weighted by atomic mass is 10.1. The van der Waals surface area contributed by atoms with E-state index in [9.17, 15) is 13.2 Å². The van der Waals surface area contributed by atoms with Gasteiger partial charge in [0.05, 0.1) is 5.56 Å². The van der Waals surface area contributed by atoms with E-state index in [0.29, 0.717) is 17.2 Å². The molecule has 0 bridgehead atoms. The van der Waals surface area contributed by atoms with Crippen LogP contribution in [-0.2, 0) is 12.7 Å². The van der Waals surface area contributed by atoms with Gasteiger partial charge >= 0.3 is 6.18 Å². The lowest BCUT2D eigenvalue weighted by Gasteiger charge is -2.11. The molecular formula is C21H16F3N3S. The average molecular weight is 399 g/mol. The number of aromatic nitrogens is 2. The number of nitrogens with one attached hydrogen (secondary N) is 1. The van der Waals surface area contributed by atoms with Gasteiger partial charge in [0.15, 0.2) is 5.82 Å². The van der Waals surface area contributed by atoms with Crippen LogP contribution in [0.15, 0.2) is 60.0 Å². The van der Waals surface area contributed by atoms with Crippen LogP contribution in [0, 0.1) is 6.92 Å². The lowest BCUT2D eigenvalue weighted by molar-refractivity contribution is -0.137. The molecule has 0 aliphatic rings. The van der Waals surface area contributed by atoms with E-state index >= 15 is 0 Å². The molecule has 4 aromatic rings. The SMILES string of the molecule is Cc1cc(NCc2cccc(C(F)(F)F)c2)nc(-c2csc3ccccc23)n1. The number of halogens is 3. The minimum absolute atomic E-state index is 0.240. The highest BCUT2D eigenvalue weighted by atomic mass is 32.1. The summed E-state index contributed by atoms with van der Waals surface area (Å²) in [6.45, 7) is 2.11. The van der Waals surface area contributed by atoms with Crippen molar-refractivity contribution in [1.29, 1.82) is 0 Å². The monoisotopic (exact) mass is 399 g/mol. The van der Waals surface area contributed by atoms with Crippen LogP contribution in [0.1, 0.15) is 16.8 Å². The zero-order valence-corrected chi connectivity index (χ0v) is 15.7. The van der Waals surface area contributed by atoms with Crippen molar-refractivity contribution in [3.8, 4) is 11.4 Å². The molecule has 28 heavy (non-hydrogen) atoms. The number of fused-ring (bicyclic) bond motifs is 1. The lowest BCUT2D eigenvalue weighted by Crippen LogP contribution is -2.08. The number of aryl methyl sites for hydroxylation is 1. The van der Waals surface area contributed by atoms with Crippen LogP contribution in [0.25, 0.3) is 21.5 Å². The summed E-state index contributed by atoms with van der Waals surface area (Å²) in [4.78, 5) is 9.11. The molecule has 4 rings (SSSR count). The van der Waals surface area contributed by atoms with Crippen LogP contribution in [0.3, 0.4) is 0 Å². The summed E-state index contributed by atoms with van der Waals surface area (Å²) in [5.41, 5.74) is 1.61. The van der Waals surface area contributed by atoms with Gasteiger partial charge in [-0.1, -0.05) is 30.3 Å². The van der Waals surface area contributed by atoms with E-state index in [2.05, 4.69) is 15.3 Å². The predicted octanol–water partition coefficient (Wildman–Crippen LogP) is 6.30. The van der Waals surface area contributed by atoms with Gasteiger partial charge < -0.3 is 5.32 Å². The fourth-order valence-electron chi connectivity index (χ4n) is 2.98. The molecule has 0 saturated carbocycles. The third kappa shape index (κ3) is 3.84. The molecule has 0 amide bonds. The number of hydrogen-bond acceptors (Lipinski definition) is 4. The Labute approximate surface area is 163 Å². The maximum atomic E-state index is 12.9. The smallest absolute Gasteiger partial charge is 0.366 e. The van der Waals surface area contributed by atoms with E-state index in [1.54, 1.807) is 23.5 Å². The van der Waals surface area contributed by atoms with Gasteiger partial charge in [-0.25, -0.2) is 9.97 Å². The van der Waals surface area contributed by atoms with Crippen molar-refractivity contribution in [1.82, 2.24) is 9.97 Å². The maximum Gasteiger partial charge on any atom is 0.416 e. The third-order valence-corrected chi connectivity index (χ3v) is 5.27. The molecule has 0 saturated heterocycles. The van der Waals surface area contributed by atoms with Crippen molar-refractivity contribution >= 4 is 27.2 Å². The molecule has 0 atom stereocenters. The highest BCUT2D eigenvalue weighted by Crippen LogP contribution is 2.33. The Morgan fingerprint density at radius 3 is 2.64 bits per heavy atom. The van der Waals surface area contributed by atoms with Gasteiger partial charge in [-0.2, -0.15) is 13.2 Å². The molecule has 2 heterocycles. The number of benzene rings is 2. The molecule has 0 unspecified atom stereocenters. The first-order valence-electron chi connectivity index (χ1n) is 8.62. The first kappa shape index (κ1) is 18.4. The van der Waals surface area contributed by atoms with Crippen molar-refractivity contribution in [2.45, 2.75) is 19.6 Å².